The van der Waals surface area contributed by atoms with Gasteiger partial charge in [0.15, 0.2) is 0 Å². The molecule has 3 aliphatic heterocycles. The van der Waals surface area contributed by atoms with Crippen molar-refractivity contribution in [1.29, 1.82) is 0 Å². The highest BCUT2D eigenvalue weighted by molar-refractivity contribution is 5.74. The molecule has 1 N–H and O–H groups in total. The molecule has 0 bridgehead atoms. The SMILES string of the molecule is O=c1cc(N2CCOCC2)cc(-c2cccc3c2Oc2cccc(CC4CCOCC4)c2C3)[nH]1. The van der Waals surface area contributed by atoms with Crippen LogP contribution in [0.15, 0.2) is 53.3 Å². The fourth-order valence-corrected chi connectivity index (χ4v) is 5.40. The summed E-state index contributed by atoms with van der Waals surface area (Å²) in [4.78, 5) is 17.8. The zero-order valence-corrected chi connectivity index (χ0v) is 19.3. The molecule has 0 radical (unpaired) electrons. The van der Waals surface area contributed by atoms with Crippen LogP contribution in [-0.4, -0.2) is 44.5 Å². The molecule has 6 nitrogen and oxygen atoms in total. The fourth-order valence-electron chi connectivity index (χ4n) is 5.40. The molecule has 4 heterocycles. The maximum Gasteiger partial charge on any atom is 0.250 e. The van der Waals surface area contributed by atoms with Gasteiger partial charge in [-0.2, -0.15) is 0 Å². The Morgan fingerprint density at radius 2 is 1.74 bits per heavy atom. The minimum absolute atomic E-state index is 0.105. The number of nitrogens with zero attached hydrogens (tertiary/aromatic N) is 1. The van der Waals surface area contributed by atoms with Crippen molar-refractivity contribution in [1.82, 2.24) is 4.98 Å². The molecule has 176 valence electrons. The minimum Gasteiger partial charge on any atom is -0.456 e. The lowest BCUT2D eigenvalue weighted by molar-refractivity contribution is 0.0665. The topological polar surface area (TPSA) is 63.8 Å². The van der Waals surface area contributed by atoms with Gasteiger partial charge in [0.05, 0.1) is 18.9 Å². The average Bonchev–Trinajstić information content (AvgIpc) is 2.88. The van der Waals surface area contributed by atoms with E-state index in [4.69, 9.17) is 14.2 Å². The highest BCUT2D eigenvalue weighted by Crippen LogP contribution is 2.44. The molecule has 3 aliphatic rings. The third-order valence-corrected chi connectivity index (χ3v) is 7.25. The molecule has 0 aliphatic carbocycles. The first-order chi connectivity index (χ1) is 16.7. The third-order valence-electron chi connectivity index (χ3n) is 7.25. The number of H-pyrrole nitrogens is 1. The second kappa shape index (κ2) is 9.28. The molecule has 6 rings (SSSR count). The minimum atomic E-state index is -0.105. The monoisotopic (exact) mass is 458 g/mol. The van der Waals surface area contributed by atoms with E-state index in [1.165, 1.54) is 11.1 Å². The highest BCUT2D eigenvalue weighted by Gasteiger charge is 2.25. The van der Waals surface area contributed by atoms with E-state index in [0.29, 0.717) is 19.1 Å². The maximum absolute atomic E-state index is 12.6. The molecule has 6 heteroatoms. The van der Waals surface area contributed by atoms with Gasteiger partial charge in [0.25, 0.3) is 0 Å². The highest BCUT2D eigenvalue weighted by atomic mass is 16.5. The number of ether oxygens (including phenoxy) is 3. The summed E-state index contributed by atoms with van der Waals surface area (Å²) in [5.74, 6) is 2.44. The van der Waals surface area contributed by atoms with Gasteiger partial charge in [0.1, 0.15) is 11.5 Å². The van der Waals surface area contributed by atoms with Gasteiger partial charge in [-0.3, -0.25) is 4.79 Å². The van der Waals surface area contributed by atoms with Crippen LogP contribution >= 0.6 is 0 Å². The number of benzene rings is 2. The summed E-state index contributed by atoms with van der Waals surface area (Å²) >= 11 is 0. The van der Waals surface area contributed by atoms with Crippen LogP contribution in [0.2, 0.25) is 0 Å². The van der Waals surface area contributed by atoms with Crippen molar-refractivity contribution in [3.05, 3.63) is 75.6 Å². The van der Waals surface area contributed by atoms with Gasteiger partial charge < -0.3 is 24.1 Å². The maximum atomic E-state index is 12.6. The Hall–Kier alpha value is -3.09. The lowest BCUT2D eigenvalue weighted by Crippen LogP contribution is -2.36. The number of rotatable bonds is 4. The van der Waals surface area contributed by atoms with Gasteiger partial charge in [-0.15, -0.1) is 0 Å². The Balaban J connectivity index is 1.33. The van der Waals surface area contributed by atoms with E-state index in [1.807, 2.05) is 6.07 Å². The number of fused-ring (bicyclic) bond motifs is 2. The molecular formula is C28H30N2O4. The summed E-state index contributed by atoms with van der Waals surface area (Å²) in [6.45, 7) is 4.66. The standard InChI is InChI=1S/C28H30N2O4/c31-27-18-22(30-9-13-33-14-10-30)17-25(29-27)23-5-1-4-21-16-24-20(15-19-7-11-32-12-8-19)3-2-6-26(24)34-28(21)23/h1-6,17-19H,7-16H2,(H,29,31). The molecular weight excluding hydrogens is 428 g/mol. The number of morpholine rings is 1. The summed E-state index contributed by atoms with van der Waals surface area (Å²) in [6, 6.07) is 16.4. The third kappa shape index (κ3) is 4.24. The molecule has 2 fully saturated rings. The van der Waals surface area contributed by atoms with Gasteiger partial charge in [-0.05, 0) is 48.9 Å². The number of aromatic amines is 1. The molecule has 0 atom stereocenters. The number of aromatic nitrogens is 1. The molecule has 2 aromatic carbocycles. The van der Waals surface area contributed by atoms with Crippen LogP contribution in [0.25, 0.3) is 11.3 Å². The Morgan fingerprint density at radius 3 is 2.59 bits per heavy atom. The second-order valence-corrected chi connectivity index (χ2v) is 9.44. The fraction of sp³-hybridized carbons (Fsp3) is 0.393. The normalized spacial score (nSPS) is 18.2. The smallest absolute Gasteiger partial charge is 0.250 e. The van der Waals surface area contributed by atoms with Gasteiger partial charge in [0, 0.05) is 61.2 Å². The quantitative estimate of drug-likeness (QED) is 0.486. The van der Waals surface area contributed by atoms with Gasteiger partial charge >= 0.3 is 0 Å². The number of anilines is 1. The Kier molecular flexibility index (Phi) is 5.85. The van der Waals surface area contributed by atoms with Crippen molar-refractivity contribution in [2.45, 2.75) is 25.7 Å². The lowest BCUT2D eigenvalue weighted by atomic mass is 9.87. The molecule has 34 heavy (non-hydrogen) atoms. The predicted octanol–water partition coefficient (Wildman–Crippen LogP) is 4.54. The average molecular weight is 459 g/mol. The van der Waals surface area contributed by atoms with E-state index in [9.17, 15) is 4.79 Å². The number of hydrogen-bond acceptors (Lipinski definition) is 5. The zero-order chi connectivity index (χ0) is 22.9. The number of hydrogen-bond donors (Lipinski definition) is 1. The first-order valence-corrected chi connectivity index (χ1v) is 12.3. The number of para-hydroxylation sites is 1. The number of pyridine rings is 1. The predicted molar refractivity (Wildman–Crippen MR) is 132 cm³/mol. The van der Waals surface area contributed by atoms with Crippen molar-refractivity contribution in [2.75, 3.05) is 44.4 Å². The van der Waals surface area contributed by atoms with Crippen molar-refractivity contribution in [3.63, 3.8) is 0 Å². The van der Waals surface area contributed by atoms with Crippen LogP contribution in [0.3, 0.4) is 0 Å². The molecule has 3 aromatic rings. The van der Waals surface area contributed by atoms with E-state index in [2.05, 4.69) is 46.3 Å². The summed E-state index contributed by atoms with van der Waals surface area (Å²) < 4.78 is 17.6. The summed E-state index contributed by atoms with van der Waals surface area (Å²) in [6.07, 6.45) is 4.15. The molecule has 0 saturated carbocycles. The van der Waals surface area contributed by atoms with Gasteiger partial charge in [0.2, 0.25) is 5.56 Å². The Morgan fingerprint density at radius 1 is 0.941 bits per heavy atom. The van der Waals surface area contributed by atoms with Crippen molar-refractivity contribution in [3.8, 4) is 22.8 Å². The van der Waals surface area contributed by atoms with Crippen LogP contribution in [0.5, 0.6) is 11.5 Å². The van der Waals surface area contributed by atoms with Gasteiger partial charge in [-0.1, -0.05) is 24.3 Å². The van der Waals surface area contributed by atoms with Crippen molar-refractivity contribution in [2.24, 2.45) is 5.92 Å². The second-order valence-electron chi connectivity index (χ2n) is 9.44. The van der Waals surface area contributed by atoms with E-state index in [1.54, 1.807) is 6.07 Å². The molecule has 2 saturated heterocycles. The largest absolute Gasteiger partial charge is 0.456 e. The zero-order valence-electron chi connectivity index (χ0n) is 19.3. The Bertz CT molecular complexity index is 1240. The molecule has 0 unspecified atom stereocenters. The van der Waals surface area contributed by atoms with Crippen molar-refractivity contribution < 1.29 is 14.2 Å². The van der Waals surface area contributed by atoms with Crippen LogP contribution in [0.4, 0.5) is 5.69 Å². The van der Waals surface area contributed by atoms with Crippen LogP contribution in [0, 0.1) is 5.92 Å². The van der Waals surface area contributed by atoms with Crippen LogP contribution < -0.4 is 15.2 Å². The summed E-state index contributed by atoms with van der Waals surface area (Å²) in [7, 11) is 0. The van der Waals surface area contributed by atoms with Crippen molar-refractivity contribution >= 4 is 5.69 Å². The number of nitrogens with one attached hydrogen (secondary N) is 1. The molecule has 0 amide bonds. The molecule has 1 aromatic heterocycles. The van der Waals surface area contributed by atoms with Crippen LogP contribution in [0.1, 0.15) is 29.5 Å². The van der Waals surface area contributed by atoms with Gasteiger partial charge in [-0.25, -0.2) is 0 Å². The van der Waals surface area contributed by atoms with E-state index < -0.39 is 0 Å². The molecule has 0 spiro atoms. The Labute approximate surface area is 199 Å². The first-order valence-electron chi connectivity index (χ1n) is 12.3. The summed E-state index contributed by atoms with van der Waals surface area (Å²) in [5, 5.41) is 0. The van der Waals surface area contributed by atoms with Crippen LogP contribution in [-0.2, 0) is 22.3 Å². The van der Waals surface area contributed by atoms with E-state index >= 15 is 0 Å². The first kappa shape index (κ1) is 21.4. The lowest BCUT2D eigenvalue weighted by Gasteiger charge is -2.29. The van der Waals surface area contributed by atoms with E-state index in [-0.39, 0.29) is 5.56 Å². The van der Waals surface area contributed by atoms with E-state index in [0.717, 1.165) is 86.0 Å². The summed E-state index contributed by atoms with van der Waals surface area (Å²) in [5.41, 5.74) is 6.35.